The Morgan fingerprint density at radius 2 is 1.46 bits per heavy atom. The average Bonchev–Trinajstić information content (AvgIpc) is 2.65. The Kier molecular flexibility index (Phi) is 5.39. The first kappa shape index (κ1) is 17.4. The van der Waals surface area contributed by atoms with Crippen LogP contribution in [-0.2, 0) is 11.3 Å². The highest BCUT2D eigenvalue weighted by Gasteiger charge is 2.15. The molecule has 0 spiro atoms. The van der Waals surface area contributed by atoms with E-state index in [1.54, 1.807) is 12.1 Å². The summed E-state index contributed by atoms with van der Waals surface area (Å²) in [4.78, 5) is 24.2. The number of anilines is 3. The summed E-state index contributed by atoms with van der Waals surface area (Å²) in [5.41, 5.74) is 3.32. The number of nitroso groups, excluding NO2 is 1. The molecule has 0 saturated heterocycles. The van der Waals surface area contributed by atoms with Gasteiger partial charge in [0.05, 0.1) is 0 Å². The zero-order chi connectivity index (χ0) is 18.4. The van der Waals surface area contributed by atoms with Crippen molar-refractivity contribution in [2.75, 3.05) is 4.90 Å². The highest BCUT2D eigenvalue weighted by Crippen LogP contribution is 2.37. The highest BCUT2D eigenvalue weighted by atomic mass is 16.5. The zero-order valence-electron chi connectivity index (χ0n) is 14.3. The fourth-order valence-electron chi connectivity index (χ4n) is 2.73. The van der Waals surface area contributed by atoms with E-state index in [4.69, 9.17) is 4.74 Å². The summed E-state index contributed by atoms with van der Waals surface area (Å²) in [6, 6.07) is 25.1. The van der Waals surface area contributed by atoms with Crippen molar-refractivity contribution in [3.8, 4) is 5.75 Å². The lowest BCUT2D eigenvalue weighted by Gasteiger charge is -2.26. The number of carbonyl (C=O) groups is 1. The van der Waals surface area contributed by atoms with Gasteiger partial charge in [-0.15, -0.1) is 0 Å². The number of benzene rings is 3. The monoisotopic (exact) mass is 346 g/mol. The van der Waals surface area contributed by atoms with Crippen LogP contribution in [0.2, 0.25) is 0 Å². The van der Waals surface area contributed by atoms with Crippen LogP contribution in [0.5, 0.6) is 5.75 Å². The van der Waals surface area contributed by atoms with E-state index in [9.17, 15) is 9.70 Å². The van der Waals surface area contributed by atoms with Crippen LogP contribution in [-0.4, -0.2) is 5.97 Å². The van der Waals surface area contributed by atoms with Gasteiger partial charge in [-0.2, -0.15) is 4.91 Å². The van der Waals surface area contributed by atoms with E-state index in [0.29, 0.717) is 11.3 Å². The maximum absolute atomic E-state index is 11.4. The molecule has 0 amide bonds. The maximum atomic E-state index is 11.4. The second kappa shape index (κ2) is 8.07. The second-order valence-electron chi connectivity index (χ2n) is 5.68. The normalized spacial score (nSPS) is 10.2. The molecule has 0 aromatic heterocycles. The number of hydrogen-bond acceptors (Lipinski definition) is 5. The van der Waals surface area contributed by atoms with Crippen molar-refractivity contribution in [1.82, 2.24) is 0 Å². The topological polar surface area (TPSA) is 59.0 Å². The predicted molar refractivity (Wildman–Crippen MR) is 102 cm³/mol. The molecule has 0 aliphatic carbocycles. The van der Waals surface area contributed by atoms with E-state index < -0.39 is 5.97 Å². The third-order valence-corrected chi connectivity index (χ3v) is 3.83. The molecular weight excluding hydrogens is 328 g/mol. The number of esters is 1. The van der Waals surface area contributed by atoms with Crippen molar-refractivity contribution in [1.29, 1.82) is 0 Å². The second-order valence-corrected chi connectivity index (χ2v) is 5.68. The van der Waals surface area contributed by atoms with E-state index in [1.165, 1.54) is 6.92 Å². The van der Waals surface area contributed by atoms with Crippen molar-refractivity contribution in [3.63, 3.8) is 0 Å². The molecule has 0 bridgehead atoms. The lowest BCUT2D eigenvalue weighted by molar-refractivity contribution is -0.131. The quantitative estimate of drug-likeness (QED) is 0.343. The SMILES string of the molecule is CC(=O)Oc1cc(N(c2ccccc2)c2ccccc2)ccc1CN=O. The van der Waals surface area contributed by atoms with E-state index in [-0.39, 0.29) is 6.54 Å². The average molecular weight is 346 g/mol. The van der Waals surface area contributed by atoms with Gasteiger partial charge < -0.3 is 9.64 Å². The fraction of sp³-hybridized carbons (Fsp3) is 0.0952. The zero-order valence-corrected chi connectivity index (χ0v) is 14.3. The molecule has 0 N–H and O–H groups in total. The lowest BCUT2D eigenvalue weighted by atomic mass is 10.1. The summed E-state index contributed by atoms with van der Waals surface area (Å²) < 4.78 is 5.30. The summed E-state index contributed by atoms with van der Waals surface area (Å²) in [5.74, 6) is -0.105. The van der Waals surface area contributed by atoms with Crippen molar-refractivity contribution in [3.05, 3.63) is 89.3 Å². The third kappa shape index (κ3) is 3.95. The Balaban J connectivity index is 2.12. The summed E-state index contributed by atoms with van der Waals surface area (Å²) in [7, 11) is 0. The standard InChI is InChI=1S/C21H18N2O3/c1-16(24)26-21-14-20(13-12-17(21)15-22-25)23(18-8-4-2-5-9-18)19-10-6-3-7-11-19/h2-14H,15H2,1H3. The van der Waals surface area contributed by atoms with Crippen LogP contribution in [0.15, 0.2) is 84.0 Å². The number of hydrogen-bond donors (Lipinski definition) is 0. The minimum atomic E-state index is -0.444. The summed E-state index contributed by atoms with van der Waals surface area (Å²) in [6.07, 6.45) is 0. The maximum Gasteiger partial charge on any atom is 0.308 e. The first-order valence-corrected chi connectivity index (χ1v) is 8.19. The molecule has 3 aromatic rings. The van der Waals surface area contributed by atoms with Crippen LogP contribution in [0.4, 0.5) is 17.1 Å². The van der Waals surface area contributed by atoms with Crippen LogP contribution in [0.3, 0.4) is 0 Å². The van der Waals surface area contributed by atoms with E-state index >= 15 is 0 Å². The van der Waals surface area contributed by atoms with Gasteiger partial charge in [0.15, 0.2) is 0 Å². The molecule has 0 fully saturated rings. The van der Waals surface area contributed by atoms with Crippen LogP contribution in [0.1, 0.15) is 12.5 Å². The van der Waals surface area contributed by atoms with E-state index in [0.717, 1.165) is 17.1 Å². The Morgan fingerprint density at radius 1 is 0.885 bits per heavy atom. The van der Waals surface area contributed by atoms with Crippen molar-refractivity contribution < 1.29 is 9.53 Å². The van der Waals surface area contributed by atoms with Crippen LogP contribution in [0, 0.1) is 4.91 Å². The first-order chi connectivity index (χ1) is 12.7. The number of carbonyl (C=O) groups excluding carboxylic acids is 1. The smallest absolute Gasteiger partial charge is 0.308 e. The van der Waals surface area contributed by atoms with Gasteiger partial charge in [0.25, 0.3) is 0 Å². The van der Waals surface area contributed by atoms with Crippen LogP contribution < -0.4 is 9.64 Å². The molecule has 5 nitrogen and oxygen atoms in total. The number of para-hydroxylation sites is 2. The van der Waals surface area contributed by atoms with Gasteiger partial charge in [0.2, 0.25) is 0 Å². The van der Waals surface area contributed by atoms with Gasteiger partial charge in [-0.1, -0.05) is 47.6 Å². The summed E-state index contributed by atoms with van der Waals surface area (Å²) >= 11 is 0. The summed E-state index contributed by atoms with van der Waals surface area (Å²) in [6.45, 7) is 1.27. The third-order valence-electron chi connectivity index (χ3n) is 3.83. The molecule has 130 valence electrons. The van der Waals surface area contributed by atoms with Gasteiger partial charge >= 0.3 is 5.97 Å². The molecule has 0 saturated carbocycles. The molecule has 5 heteroatoms. The molecule has 0 atom stereocenters. The molecule has 0 heterocycles. The Labute approximate surface area is 151 Å². The molecular formula is C21H18N2O3. The van der Waals surface area contributed by atoms with Crippen LogP contribution in [0.25, 0.3) is 0 Å². The molecule has 3 aromatic carbocycles. The van der Waals surface area contributed by atoms with Crippen molar-refractivity contribution >= 4 is 23.0 Å². The number of nitrogens with zero attached hydrogens (tertiary/aromatic N) is 2. The molecule has 0 aliphatic heterocycles. The first-order valence-electron chi connectivity index (χ1n) is 8.19. The Bertz CT molecular complexity index is 856. The van der Waals surface area contributed by atoms with Gasteiger partial charge in [0.1, 0.15) is 12.3 Å². The van der Waals surface area contributed by atoms with Gasteiger partial charge in [-0.25, -0.2) is 0 Å². The van der Waals surface area contributed by atoms with E-state index in [1.807, 2.05) is 71.6 Å². The molecule has 26 heavy (non-hydrogen) atoms. The van der Waals surface area contributed by atoms with Crippen molar-refractivity contribution in [2.24, 2.45) is 5.18 Å². The van der Waals surface area contributed by atoms with Crippen molar-refractivity contribution in [2.45, 2.75) is 13.5 Å². The molecule has 3 rings (SSSR count). The van der Waals surface area contributed by atoms with Gasteiger partial charge in [-0.3, -0.25) is 4.79 Å². The summed E-state index contributed by atoms with van der Waals surface area (Å²) in [5, 5.41) is 2.91. The lowest BCUT2D eigenvalue weighted by Crippen LogP contribution is -2.11. The Hall–Kier alpha value is -3.47. The van der Waals surface area contributed by atoms with Gasteiger partial charge in [-0.05, 0) is 30.3 Å². The highest BCUT2D eigenvalue weighted by molar-refractivity contribution is 5.78. The van der Waals surface area contributed by atoms with Gasteiger partial charge in [0, 0.05) is 35.6 Å². The fourth-order valence-corrected chi connectivity index (χ4v) is 2.73. The predicted octanol–water partition coefficient (Wildman–Crippen LogP) is 5.35. The molecule has 0 unspecified atom stereocenters. The number of ether oxygens (including phenoxy) is 1. The minimum Gasteiger partial charge on any atom is -0.426 e. The van der Waals surface area contributed by atoms with Crippen LogP contribution >= 0.6 is 0 Å². The van der Waals surface area contributed by atoms with E-state index in [2.05, 4.69) is 5.18 Å². The molecule has 0 aliphatic rings. The molecule has 0 radical (unpaired) electrons. The Morgan fingerprint density at radius 3 is 1.96 bits per heavy atom. The minimum absolute atomic E-state index is 0.0560. The number of rotatable bonds is 6. The largest absolute Gasteiger partial charge is 0.426 e.